The third-order valence-corrected chi connectivity index (χ3v) is 5.63. The van der Waals surface area contributed by atoms with Crippen molar-refractivity contribution in [2.24, 2.45) is 5.41 Å². The number of thiophene rings is 1. The minimum Gasteiger partial charge on any atom is -0.352 e. The molecule has 0 saturated carbocycles. The van der Waals surface area contributed by atoms with Gasteiger partial charge in [0.1, 0.15) is 5.56 Å². The standard InChI is InChI=1S/C19H20N4O2S/c1-19(2)8-15-13(16(24)9-19)10-21-17-14(11-22-23(15)17)18(25)20-6-5-12-4-3-7-26-12/h3-4,7,10-11H,5-6,8-9H2,1-2H3,(H,20,25). The second-order valence-corrected chi connectivity index (χ2v) is 8.47. The fourth-order valence-electron chi connectivity index (χ4n) is 3.44. The first-order chi connectivity index (χ1) is 12.4. The third-order valence-electron chi connectivity index (χ3n) is 4.69. The van der Waals surface area contributed by atoms with Gasteiger partial charge in [-0.25, -0.2) is 9.50 Å². The quantitative estimate of drug-likeness (QED) is 0.768. The van der Waals surface area contributed by atoms with Crippen molar-refractivity contribution in [3.63, 3.8) is 0 Å². The van der Waals surface area contributed by atoms with E-state index in [2.05, 4.69) is 35.3 Å². The Kier molecular flexibility index (Phi) is 4.11. The molecule has 0 saturated heterocycles. The van der Waals surface area contributed by atoms with Crippen LogP contribution in [0.3, 0.4) is 0 Å². The van der Waals surface area contributed by atoms with Gasteiger partial charge in [-0.1, -0.05) is 19.9 Å². The van der Waals surface area contributed by atoms with Crippen molar-refractivity contribution in [2.75, 3.05) is 6.54 Å². The Morgan fingerprint density at radius 2 is 2.19 bits per heavy atom. The fraction of sp³-hybridized carbons (Fsp3) is 0.368. The summed E-state index contributed by atoms with van der Waals surface area (Å²) in [7, 11) is 0. The molecule has 4 rings (SSSR count). The van der Waals surface area contributed by atoms with Gasteiger partial charge in [0.15, 0.2) is 11.4 Å². The molecule has 1 aliphatic rings. The molecular weight excluding hydrogens is 348 g/mol. The molecule has 3 heterocycles. The lowest BCUT2D eigenvalue weighted by molar-refractivity contribution is 0.0907. The average molecular weight is 368 g/mol. The number of nitrogens with zero attached hydrogens (tertiary/aromatic N) is 3. The van der Waals surface area contributed by atoms with Crippen LogP contribution in [0.1, 0.15) is 51.6 Å². The number of rotatable bonds is 4. The SMILES string of the molecule is CC1(C)CC(=O)c2cnc3c(C(=O)NCCc4cccs4)cnn3c2C1. The highest BCUT2D eigenvalue weighted by Gasteiger charge is 2.33. The predicted molar refractivity (Wildman–Crippen MR) is 99.8 cm³/mol. The van der Waals surface area contributed by atoms with Crippen molar-refractivity contribution in [1.29, 1.82) is 0 Å². The first-order valence-electron chi connectivity index (χ1n) is 8.64. The fourth-order valence-corrected chi connectivity index (χ4v) is 4.15. The minimum absolute atomic E-state index is 0.0862. The van der Waals surface area contributed by atoms with Gasteiger partial charge >= 0.3 is 0 Å². The summed E-state index contributed by atoms with van der Waals surface area (Å²) in [4.78, 5) is 30.5. The number of aromatic nitrogens is 3. The summed E-state index contributed by atoms with van der Waals surface area (Å²) < 4.78 is 1.66. The van der Waals surface area contributed by atoms with Crippen LogP contribution in [-0.4, -0.2) is 32.8 Å². The van der Waals surface area contributed by atoms with Gasteiger partial charge in [-0.05, 0) is 29.7 Å². The van der Waals surface area contributed by atoms with E-state index in [1.165, 1.54) is 11.1 Å². The molecule has 0 aromatic carbocycles. The highest BCUT2D eigenvalue weighted by atomic mass is 32.1. The number of hydrogen-bond donors (Lipinski definition) is 1. The largest absolute Gasteiger partial charge is 0.352 e. The Morgan fingerprint density at radius 1 is 1.35 bits per heavy atom. The van der Waals surface area contributed by atoms with E-state index in [1.807, 2.05) is 11.4 Å². The van der Waals surface area contributed by atoms with Gasteiger partial charge in [0.05, 0.1) is 17.5 Å². The molecule has 0 radical (unpaired) electrons. The lowest BCUT2D eigenvalue weighted by Crippen LogP contribution is -2.29. The maximum Gasteiger partial charge on any atom is 0.256 e. The maximum absolute atomic E-state index is 12.5. The Balaban J connectivity index is 1.59. The van der Waals surface area contributed by atoms with Crippen LogP contribution in [0.15, 0.2) is 29.9 Å². The number of carbonyl (C=O) groups excluding carboxylic acids is 2. The topological polar surface area (TPSA) is 76.4 Å². The summed E-state index contributed by atoms with van der Waals surface area (Å²) in [6, 6.07) is 4.06. The van der Waals surface area contributed by atoms with E-state index in [0.29, 0.717) is 29.7 Å². The Hall–Kier alpha value is -2.54. The van der Waals surface area contributed by atoms with E-state index < -0.39 is 0 Å². The number of ketones is 1. The van der Waals surface area contributed by atoms with Crippen LogP contribution in [0.25, 0.3) is 5.65 Å². The molecular formula is C19H20N4O2S. The molecule has 26 heavy (non-hydrogen) atoms. The van der Waals surface area contributed by atoms with Gasteiger partial charge in [-0.2, -0.15) is 5.10 Å². The van der Waals surface area contributed by atoms with Crippen molar-refractivity contribution >= 4 is 28.7 Å². The Bertz CT molecular complexity index is 989. The van der Waals surface area contributed by atoms with Crippen molar-refractivity contribution in [3.8, 4) is 0 Å². The second-order valence-electron chi connectivity index (χ2n) is 7.44. The average Bonchev–Trinajstić information content (AvgIpc) is 3.22. The molecule has 6 nitrogen and oxygen atoms in total. The van der Waals surface area contributed by atoms with Crippen molar-refractivity contribution in [2.45, 2.75) is 33.1 Å². The predicted octanol–water partition coefficient (Wildman–Crippen LogP) is 2.92. The van der Waals surface area contributed by atoms with Crippen LogP contribution in [0.5, 0.6) is 0 Å². The van der Waals surface area contributed by atoms with Crippen molar-refractivity contribution < 1.29 is 9.59 Å². The highest BCUT2D eigenvalue weighted by Crippen LogP contribution is 2.34. The highest BCUT2D eigenvalue weighted by molar-refractivity contribution is 7.09. The number of amides is 1. The molecule has 3 aromatic heterocycles. The van der Waals surface area contributed by atoms with Crippen molar-refractivity contribution in [1.82, 2.24) is 19.9 Å². The molecule has 0 bridgehead atoms. The van der Waals surface area contributed by atoms with E-state index >= 15 is 0 Å². The van der Waals surface area contributed by atoms with Gasteiger partial charge in [0, 0.05) is 24.0 Å². The molecule has 1 N–H and O–H groups in total. The first-order valence-corrected chi connectivity index (χ1v) is 9.52. The molecule has 0 atom stereocenters. The zero-order valence-corrected chi connectivity index (χ0v) is 15.6. The molecule has 134 valence electrons. The summed E-state index contributed by atoms with van der Waals surface area (Å²) >= 11 is 1.68. The molecule has 0 spiro atoms. The van der Waals surface area contributed by atoms with Gasteiger partial charge in [-0.15, -0.1) is 11.3 Å². The molecule has 7 heteroatoms. The van der Waals surface area contributed by atoms with Crippen LogP contribution >= 0.6 is 11.3 Å². The molecule has 0 aliphatic heterocycles. The summed E-state index contributed by atoms with van der Waals surface area (Å²) in [6.07, 6.45) is 5.16. The number of fused-ring (bicyclic) bond motifs is 3. The van der Waals surface area contributed by atoms with Crippen LogP contribution in [0, 0.1) is 5.41 Å². The molecule has 1 aliphatic carbocycles. The number of hydrogen-bond acceptors (Lipinski definition) is 5. The molecule has 0 unspecified atom stereocenters. The molecule has 1 amide bonds. The van der Waals surface area contributed by atoms with E-state index in [9.17, 15) is 9.59 Å². The van der Waals surface area contributed by atoms with Crippen LogP contribution in [0.2, 0.25) is 0 Å². The minimum atomic E-state index is -0.189. The third kappa shape index (κ3) is 3.03. The number of nitrogens with one attached hydrogen (secondary N) is 1. The van der Waals surface area contributed by atoms with E-state index in [4.69, 9.17) is 0 Å². The normalized spacial score (nSPS) is 15.8. The smallest absolute Gasteiger partial charge is 0.256 e. The zero-order chi connectivity index (χ0) is 18.3. The van der Waals surface area contributed by atoms with Crippen LogP contribution < -0.4 is 5.32 Å². The van der Waals surface area contributed by atoms with Gasteiger partial charge in [0.2, 0.25) is 0 Å². The van der Waals surface area contributed by atoms with Gasteiger partial charge in [-0.3, -0.25) is 9.59 Å². The van der Waals surface area contributed by atoms with E-state index in [1.54, 1.807) is 22.0 Å². The number of Topliss-reactive ketones (excluding diaryl/α,β-unsaturated/α-hetero) is 1. The van der Waals surface area contributed by atoms with E-state index in [-0.39, 0.29) is 17.1 Å². The Morgan fingerprint density at radius 3 is 2.96 bits per heavy atom. The zero-order valence-electron chi connectivity index (χ0n) is 14.8. The second kappa shape index (κ2) is 6.32. The van der Waals surface area contributed by atoms with E-state index in [0.717, 1.165) is 18.5 Å². The van der Waals surface area contributed by atoms with Gasteiger partial charge < -0.3 is 5.32 Å². The lowest BCUT2D eigenvalue weighted by Gasteiger charge is -2.29. The summed E-state index contributed by atoms with van der Waals surface area (Å²) in [5.74, 6) is -0.103. The van der Waals surface area contributed by atoms with Crippen LogP contribution in [0.4, 0.5) is 0 Å². The van der Waals surface area contributed by atoms with Crippen molar-refractivity contribution in [3.05, 3.63) is 51.6 Å². The Labute approximate surface area is 155 Å². The lowest BCUT2D eigenvalue weighted by atomic mass is 9.76. The maximum atomic E-state index is 12.5. The summed E-state index contributed by atoms with van der Waals surface area (Å²) in [5, 5.41) is 9.31. The molecule has 3 aromatic rings. The number of carbonyl (C=O) groups is 2. The summed E-state index contributed by atoms with van der Waals surface area (Å²) in [5.41, 5.74) is 2.28. The summed E-state index contributed by atoms with van der Waals surface area (Å²) in [6.45, 7) is 4.71. The van der Waals surface area contributed by atoms with Crippen LogP contribution in [-0.2, 0) is 12.8 Å². The van der Waals surface area contributed by atoms with Gasteiger partial charge in [0.25, 0.3) is 5.91 Å². The first kappa shape index (κ1) is 16.9. The molecule has 0 fully saturated rings. The monoisotopic (exact) mass is 368 g/mol.